The van der Waals surface area contributed by atoms with Gasteiger partial charge in [0.05, 0.1) is 18.2 Å². The van der Waals surface area contributed by atoms with Gasteiger partial charge in [0.15, 0.2) is 0 Å². The van der Waals surface area contributed by atoms with Crippen molar-refractivity contribution in [3.8, 4) is 0 Å². The summed E-state index contributed by atoms with van der Waals surface area (Å²) in [6.07, 6.45) is -0.501. The molecule has 0 amide bonds. The molecule has 5 heteroatoms. The monoisotopic (exact) mass is 217 g/mol. The van der Waals surface area contributed by atoms with E-state index in [1.165, 1.54) is 0 Å². The molecule has 4 N–H and O–H groups in total. The third-order valence-electron chi connectivity index (χ3n) is 3.87. The van der Waals surface area contributed by atoms with Gasteiger partial charge in [-0.25, -0.2) is 0 Å². The molecule has 0 aromatic rings. The van der Waals surface area contributed by atoms with Crippen LogP contribution in [0.5, 0.6) is 0 Å². The topological polar surface area (TPSA) is 84.2 Å². The summed E-state index contributed by atoms with van der Waals surface area (Å²) in [4.78, 5) is 1.92. The van der Waals surface area contributed by atoms with Gasteiger partial charge in [0.1, 0.15) is 12.2 Å². The van der Waals surface area contributed by atoms with Gasteiger partial charge in [0.2, 0.25) is 0 Å². The Labute approximate surface area is 88.9 Å². The van der Waals surface area contributed by atoms with Crippen molar-refractivity contribution in [2.24, 2.45) is 0 Å². The smallest absolute Gasteiger partial charge is 0.109 e. The Hall–Kier alpha value is -0.200. The van der Waals surface area contributed by atoms with Gasteiger partial charge in [-0.05, 0) is 19.4 Å². The van der Waals surface area contributed by atoms with Crippen molar-refractivity contribution in [2.45, 2.75) is 43.1 Å². The summed E-state index contributed by atoms with van der Waals surface area (Å²) in [7, 11) is 0. The van der Waals surface area contributed by atoms with Gasteiger partial charge in [-0.2, -0.15) is 0 Å². The fraction of sp³-hybridized carbons (Fsp3) is 1.00. The average Bonchev–Trinajstić information content (AvgIpc) is 2.26. The van der Waals surface area contributed by atoms with E-state index in [1.807, 2.05) is 4.90 Å². The quantitative estimate of drug-likeness (QED) is 0.421. The average molecular weight is 217 g/mol. The minimum absolute atomic E-state index is 0.169. The van der Waals surface area contributed by atoms with Gasteiger partial charge in [-0.1, -0.05) is 6.42 Å². The molecule has 0 aromatic heterocycles. The highest BCUT2D eigenvalue weighted by molar-refractivity contribution is 5.07. The summed E-state index contributed by atoms with van der Waals surface area (Å²) < 4.78 is 0. The molecular formula is C10H19NO4. The maximum absolute atomic E-state index is 9.98. The molecule has 2 fully saturated rings. The van der Waals surface area contributed by atoms with Crippen LogP contribution in [0.15, 0.2) is 0 Å². The van der Waals surface area contributed by atoms with Crippen molar-refractivity contribution < 1.29 is 20.4 Å². The molecule has 2 saturated heterocycles. The standard InChI is InChI=1S/C10H19NO4/c12-6-10-3-1-2-4-11(10)5-7(13)8(14)9(10)15/h7-9,12-15H,1-6H2/t7-,8+,9-,10+/m0/s1. The first-order valence-electron chi connectivity index (χ1n) is 5.52. The molecule has 2 heterocycles. The van der Waals surface area contributed by atoms with Crippen molar-refractivity contribution in [3.63, 3.8) is 0 Å². The summed E-state index contributed by atoms with van der Waals surface area (Å²) in [5.41, 5.74) is -0.739. The van der Waals surface area contributed by atoms with Gasteiger partial charge in [-0.3, -0.25) is 4.90 Å². The van der Waals surface area contributed by atoms with Gasteiger partial charge < -0.3 is 20.4 Å². The van der Waals surface area contributed by atoms with Crippen molar-refractivity contribution in [1.29, 1.82) is 0 Å². The Morgan fingerprint density at radius 1 is 1.20 bits per heavy atom. The first-order valence-corrected chi connectivity index (χ1v) is 5.52. The predicted octanol–water partition coefficient (Wildman–Crippen LogP) is -1.70. The van der Waals surface area contributed by atoms with E-state index in [0.717, 1.165) is 19.4 Å². The fourth-order valence-electron chi connectivity index (χ4n) is 2.86. The largest absolute Gasteiger partial charge is 0.394 e. The lowest BCUT2D eigenvalue weighted by Crippen LogP contribution is -2.72. The zero-order valence-corrected chi connectivity index (χ0v) is 8.71. The van der Waals surface area contributed by atoms with E-state index in [4.69, 9.17) is 0 Å². The second-order valence-corrected chi connectivity index (χ2v) is 4.67. The minimum Gasteiger partial charge on any atom is -0.394 e. The minimum atomic E-state index is -1.15. The van der Waals surface area contributed by atoms with Crippen LogP contribution in [0.2, 0.25) is 0 Å². The number of aliphatic hydroxyl groups excluding tert-OH is 4. The van der Waals surface area contributed by atoms with Crippen molar-refractivity contribution in [2.75, 3.05) is 19.7 Å². The summed E-state index contributed by atoms with van der Waals surface area (Å²) >= 11 is 0. The zero-order chi connectivity index (χ0) is 11.1. The molecule has 15 heavy (non-hydrogen) atoms. The van der Waals surface area contributed by atoms with Crippen LogP contribution in [0.4, 0.5) is 0 Å². The molecule has 0 aromatic carbocycles. The third kappa shape index (κ3) is 1.59. The first kappa shape index (κ1) is 11.3. The molecule has 4 atom stereocenters. The van der Waals surface area contributed by atoms with Crippen LogP contribution in [0.3, 0.4) is 0 Å². The first-order chi connectivity index (χ1) is 7.12. The van der Waals surface area contributed by atoms with E-state index >= 15 is 0 Å². The van der Waals surface area contributed by atoms with E-state index < -0.39 is 23.9 Å². The predicted molar refractivity (Wildman–Crippen MR) is 53.3 cm³/mol. The number of hydrogen-bond donors (Lipinski definition) is 4. The van der Waals surface area contributed by atoms with E-state index in [-0.39, 0.29) is 6.61 Å². The highest BCUT2D eigenvalue weighted by atomic mass is 16.4. The molecule has 0 saturated carbocycles. The number of nitrogens with zero attached hydrogens (tertiary/aromatic N) is 1. The molecular weight excluding hydrogens is 198 g/mol. The number of hydrogen-bond acceptors (Lipinski definition) is 5. The van der Waals surface area contributed by atoms with Gasteiger partial charge in [0, 0.05) is 6.54 Å². The highest BCUT2D eigenvalue weighted by Gasteiger charge is 2.52. The van der Waals surface area contributed by atoms with Crippen LogP contribution >= 0.6 is 0 Å². The van der Waals surface area contributed by atoms with E-state index in [9.17, 15) is 20.4 Å². The second kappa shape index (κ2) is 3.99. The van der Waals surface area contributed by atoms with Crippen LogP contribution in [0.1, 0.15) is 19.3 Å². The van der Waals surface area contributed by atoms with Crippen molar-refractivity contribution >= 4 is 0 Å². The SMILES string of the molecule is OC[C@@]12CCCCN1C[C@H](O)[C@@H](O)[C@@H]2O. The second-order valence-electron chi connectivity index (χ2n) is 4.67. The lowest BCUT2D eigenvalue weighted by molar-refractivity contribution is -0.197. The Morgan fingerprint density at radius 2 is 1.93 bits per heavy atom. The summed E-state index contributed by atoms with van der Waals surface area (Å²) in [5, 5.41) is 38.6. The van der Waals surface area contributed by atoms with Crippen molar-refractivity contribution in [1.82, 2.24) is 4.90 Å². The van der Waals surface area contributed by atoms with Crippen molar-refractivity contribution in [3.05, 3.63) is 0 Å². The number of β-amino-alcohol motifs (C(OH)–C–C–N with tert-alkyl or cyclic N) is 1. The molecule has 2 rings (SSSR count). The molecule has 2 aliphatic rings. The lowest BCUT2D eigenvalue weighted by atomic mass is 9.75. The molecule has 0 aliphatic carbocycles. The molecule has 0 spiro atoms. The number of fused-ring (bicyclic) bond motifs is 1. The van der Waals surface area contributed by atoms with Crippen LogP contribution in [-0.2, 0) is 0 Å². The zero-order valence-electron chi connectivity index (χ0n) is 8.71. The van der Waals surface area contributed by atoms with Crippen LogP contribution in [-0.4, -0.2) is 68.9 Å². The molecule has 0 unspecified atom stereocenters. The van der Waals surface area contributed by atoms with Gasteiger partial charge in [-0.15, -0.1) is 0 Å². The third-order valence-corrected chi connectivity index (χ3v) is 3.87. The number of rotatable bonds is 1. The number of aliphatic hydroxyl groups is 4. The van der Waals surface area contributed by atoms with E-state index in [1.54, 1.807) is 0 Å². The molecule has 2 aliphatic heterocycles. The van der Waals surface area contributed by atoms with Crippen LogP contribution in [0.25, 0.3) is 0 Å². The fourth-order valence-corrected chi connectivity index (χ4v) is 2.86. The Bertz CT molecular complexity index is 233. The summed E-state index contributed by atoms with van der Waals surface area (Å²) in [6, 6.07) is 0. The summed E-state index contributed by atoms with van der Waals surface area (Å²) in [5.74, 6) is 0. The molecule has 88 valence electrons. The van der Waals surface area contributed by atoms with Gasteiger partial charge >= 0.3 is 0 Å². The molecule has 0 radical (unpaired) electrons. The van der Waals surface area contributed by atoms with Gasteiger partial charge in [0.25, 0.3) is 0 Å². The number of piperidine rings is 2. The molecule has 0 bridgehead atoms. The highest BCUT2D eigenvalue weighted by Crippen LogP contribution is 2.36. The normalized spacial score (nSPS) is 47.6. The molecule has 5 nitrogen and oxygen atoms in total. The maximum Gasteiger partial charge on any atom is 0.109 e. The van der Waals surface area contributed by atoms with Crippen LogP contribution < -0.4 is 0 Å². The van der Waals surface area contributed by atoms with Crippen LogP contribution in [0, 0.1) is 0 Å². The Morgan fingerprint density at radius 3 is 2.60 bits per heavy atom. The maximum atomic E-state index is 9.98. The Balaban J connectivity index is 2.25. The Kier molecular flexibility index (Phi) is 3.00. The summed E-state index contributed by atoms with van der Waals surface area (Å²) in [6.45, 7) is 0.929. The van der Waals surface area contributed by atoms with E-state index in [2.05, 4.69) is 0 Å². The van der Waals surface area contributed by atoms with E-state index in [0.29, 0.717) is 13.0 Å². The lowest BCUT2D eigenvalue weighted by Gasteiger charge is -2.54.